The van der Waals surface area contributed by atoms with Gasteiger partial charge in [0.25, 0.3) is 0 Å². The Morgan fingerprint density at radius 2 is 2.42 bits per heavy atom. The zero-order chi connectivity index (χ0) is 8.77. The summed E-state index contributed by atoms with van der Waals surface area (Å²) >= 11 is 0. The number of aliphatic hydroxyl groups is 1. The van der Waals surface area contributed by atoms with Gasteiger partial charge in [-0.05, 0) is 6.92 Å². The summed E-state index contributed by atoms with van der Waals surface area (Å²) in [5, 5.41) is 9.75. The number of rotatable bonds is 2. The maximum atomic E-state index is 9.75. The highest BCUT2D eigenvalue weighted by Crippen LogP contribution is 2.39. The molecule has 0 amide bonds. The number of ether oxygens (including phenoxy) is 3. The van der Waals surface area contributed by atoms with Crippen molar-refractivity contribution in [3.8, 4) is 0 Å². The van der Waals surface area contributed by atoms with Crippen LogP contribution in [0.4, 0.5) is 0 Å². The third-order valence-corrected chi connectivity index (χ3v) is 2.64. The van der Waals surface area contributed by atoms with Crippen LogP contribution in [0, 0.1) is 0 Å². The molecule has 0 aromatic heterocycles. The van der Waals surface area contributed by atoms with E-state index in [1.165, 1.54) is 0 Å². The summed E-state index contributed by atoms with van der Waals surface area (Å²) in [5.41, 5.74) is -0.598. The number of fused-ring (bicyclic) bond motifs is 2. The monoisotopic (exact) mass is 174 g/mol. The molecule has 2 aliphatic rings. The summed E-state index contributed by atoms with van der Waals surface area (Å²) in [6.07, 6.45) is -0.725. The van der Waals surface area contributed by atoms with Gasteiger partial charge in [-0.25, -0.2) is 0 Å². The van der Waals surface area contributed by atoms with E-state index in [2.05, 4.69) is 0 Å². The lowest BCUT2D eigenvalue weighted by Crippen LogP contribution is -2.44. The normalized spacial score (nSPS) is 51.8. The molecule has 4 atom stereocenters. The van der Waals surface area contributed by atoms with Crippen molar-refractivity contribution in [3.63, 3.8) is 0 Å². The average molecular weight is 174 g/mol. The Morgan fingerprint density at radius 1 is 1.67 bits per heavy atom. The van der Waals surface area contributed by atoms with Gasteiger partial charge < -0.3 is 19.3 Å². The molecule has 0 saturated carbocycles. The van der Waals surface area contributed by atoms with Gasteiger partial charge in [-0.2, -0.15) is 0 Å². The van der Waals surface area contributed by atoms with E-state index in [4.69, 9.17) is 14.2 Å². The zero-order valence-electron chi connectivity index (χ0n) is 7.32. The molecule has 1 N–H and O–H groups in total. The summed E-state index contributed by atoms with van der Waals surface area (Å²) in [7, 11) is 1.60. The van der Waals surface area contributed by atoms with Gasteiger partial charge in [0, 0.05) is 7.11 Å². The Morgan fingerprint density at radius 3 is 2.83 bits per heavy atom. The van der Waals surface area contributed by atoms with Gasteiger partial charge in [0.05, 0.1) is 19.3 Å². The van der Waals surface area contributed by atoms with E-state index in [9.17, 15) is 5.11 Å². The molecule has 2 aliphatic heterocycles. The molecule has 12 heavy (non-hydrogen) atoms. The van der Waals surface area contributed by atoms with E-state index in [-0.39, 0.29) is 12.2 Å². The van der Waals surface area contributed by atoms with Gasteiger partial charge in [-0.15, -0.1) is 0 Å². The molecule has 4 heteroatoms. The summed E-state index contributed by atoms with van der Waals surface area (Å²) in [6, 6.07) is 0. The summed E-state index contributed by atoms with van der Waals surface area (Å²) in [6.45, 7) is 2.75. The molecule has 70 valence electrons. The van der Waals surface area contributed by atoms with Gasteiger partial charge in [0.15, 0.2) is 0 Å². The molecule has 2 bridgehead atoms. The fourth-order valence-electron chi connectivity index (χ4n) is 2.05. The first-order valence-electron chi connectivity index (χ1n) is 4.16. The Labute approximate surface area is 71.4 Å². The Kier molecular flexibility index (Phi) is 1.88. The molecule has 0 aromatic carbocycles. The minimum absolute atomic E-state index is 0.0242. The number of aliphatic hydroxyl groups excluding tert-OH is 1. The van der Waals surface area contributed by atoms with Gasteiger partial charge in [-0.1, -0.05) is 0 Å². The first-order valence-corrected chi connectivity index (χ1v) is 4.16. The Balaban J connectivity index is 2.15. The molecule has 4 nitrogen and oxygen atoms in total. The second-order valence-electron chi connectivity index (χ2n) is 3.54. The van der Waals surface area contributed by atoms with Crippen molar-refractivity contribution in [1.29, 1.82) is 0 Å². The molecule has 0 aromatic rings. The van der Waals surface area contributed by atoms with Crippen LogP contribution in [0.3, 0.4) is 0 Å². The van der Waals surface area contributed by atoms with Crippen molar-refractivity contribution in [2.75, 3.05) is 20.3 Å². The van der Waals surface area contributed by atoms with Crippen LogP contribution in [0.5, 0.6) is 0 Å². The van der Waals surface area contributed by atoms with Crippen LogP contribution in [-0.4, -0.2) is 49.3 Å². The third kappa shape index (κ3) is 0.925. The van der Waals surface area contributed by atoms with Crippen molar-refractivity contribution in [2.45, 2.75) is 30.8 Å². The maximum Gasteiger partial charge on any atom is 0.143 e. The summed E-state index contributed by atoms with van der Waals surface area (Å²) in [5.74, 6) is 0. The molecule has 2 rings (SSSR count). The van der Waals surface area contributed by atoms with Crippen molar-refractivity contribution in [2.24, 2.45) is 0 Å². The van der Waals surface area contributed by atoms with Crippen LogP contribution in [0.25, 0.3) is 0 Å². The average Bonchev–Trinajstić information content (AvgIpc) is 2.41. The molecule has 2 fully saturated rings. The van der Waals surface area contributed by atoms with Crippen molar-refractivity contribution < 1.29 is 19.3 Å². The van der Waals surface area contributed by atoms with Crippen LogP contribution >= 0.6 is 0 Å². The van der Waals surface area contributed by atoms with Crippen molar-refractivity contribution in [3.05, 3.63) is 0 Å². The Bertz CT molecular complexity index is 184. The second-order valence-corrected chi connectivity index (χ2v) is 3.54. The molecule has 1 unspecified atom stereocenters. The predicted molar refractivity (Wildman–Crippen MR) is 40.9 cm³/mol. The minimum atomic E-state index is -0.598. The van der Waals surface area contributed by atoms with E-state index >= 15 is 0 Å². The first kappa shape index (κ1) is 8.44. The minimum Gasteiger partial charge on any atom is -0.387 e. The van der Waals surface area contributed by atoms with E-state index in [1.807, 2.05) is 6.92 Å². The smallest absolute Gasteiger partial charge is 0.143 e. The highest BCUT2D eigenvalue weighted by Gasteiger charge is 2.59. The quantitative estimate of drug-likeness (QED) is 0.616. The Hall–Kier alpha value is -0.160. The third-order valence-electron chi connectivity index (χ3n) is 2.64. The van der Waals surface area contributed by atoms with Crippen molar-refractivity contribution >= 4 is 0 Å². The topological polar surface area (TPSA) is 47.9 Å². The van der Waals surface area contributed by atoms with E-state index < -0.39 is 11.7 Å². The van der Waals surface area contributed by atoms with Crippen LogP contribution in [0.15, 0.2) is 0 Å². The van der Waals surface area contributed by atoms with E-state index in [0.29, 0.717) is 13.2 Å². The number of hydrogen-bond donors (Lipinski definition) is 1. The molecule has 0 aliphatic carbocycles. The van der Waals surface area contributed by atoms with Crippen LogP contribution < -0.4 is 0 Å². The summed E-state index contributed by atoms with van der Waals surface area (Å²) in [4.78, 5) is 0. The molecule has 2 saturated heterocycles. The van der Waals surface area contributed by atoms with Gasteiger partial charge in [-0.3, -0.25) is 0 Å². The maximum absolute atomic E-state index is 9.75. The highest BCUT2D eigenvalue weighted by atomic mass is 16.6. The fourth-order valence-corrected chi connectivity index (χ4v) is 2.05. The van der Waals surface area contributed by atoms with Crippen LogP contribution in [0.1, 0.15) is 6.92 Å². The molecule has 0 spiro atoms. The number of methoxy groups -OCH3 is 1. The second kappa shape index (κ2) is 2.67. The SMILES string of the molecule is COC[C@]12CO[C@@H](C1O)[C@H](C)O2. The van der Waals surface area contributed by atoms with Crippen LogP contribution in [-0.2, 0) is 14.2 Å². The molecular weight excluding hydrogens is 160 g/mol. The number of hydrogen-bond acceptors (Lipinski definition) is 4. The van der Waals surface area contributed by atoms with Crippen molar-refractivity contribution in [1.82, 2.24) is 0 Å². The molecule has 2 heterocycles. The summed E-state index contributed by atoms with van der Waals surface area (Å²) < 4.78 is 16.0. The lowest BCUT2D eigenvalue weighted by molar-refractivity contribution is -0.159. The largest absolute Gasteiger partial charge is 0.387 e. The fraction of sp³-hybridized carbons (Fsp3) is 1.00. The van der Waals surface area contributed by atoms with Gasteiger partial charge >= 0.3 is 0 Å². The standard InChI is InChI=1S/C8H14O4/c1-5-6-7(9)8(12-5,3-10-2)4-11-6/h5-7,9H,3-4H2,1-2H3/t5-,6+,7?,8-/m0/s1. The van der Waals surface area contributed by atoms with Gasteiger partial charge in [0.1, 0.15) is 17.8 Å². The highest BCUT2D eigenvalue weighted by molar-refractivity contribution is 5.06. The zero-order valence-corrected chi connectivity index (χ0v) is 7.32. The lowest BCUT2D eigenvalue weighted by atomic mass is 10.00. The molecule has 0 radical (unpaired) electrons. The van der Waals surface area contributed by atoms with Crippen LogP contribution in [0.2, 0.25) is 0 Å². The van der Waals surface area contributed by atoms with Gasteiger partial charge in [0.2, 0.25) is 0 Å². The first-order chi connectivity index (χ1) is 5.69. The van der Waals surface area contributed by atoms with E-state index in [1.54, 1.807) is 7.11 Å². The predicted octanol–water partition coefficient (Wildman–Crippen LogP) is -0.450. The molecular formula is C8H14O4. The lowest BCUT2D eigenvalue weighted by Gasteiger charge is -2.28. The van der Waals surface area contributed by atoms with E-state index in [0.717, 1.165) is 0 Å².